The molecule has 0 aromatic rings. The van der Waals surface area contributed by atoms with Crippen LogP contribution >= 0.6 is 11.8 Å². The molecule has 0 aromatic carbocycles. The van der Waals surface area contributed by atoms with Crippen LogP contribution in [0.25, 0.3) is 0 Å². The van der Waals surface area contributed by atoms with Gasteiger partial charge in [0.05, 0.1) is 13.2 Å². The molecule has 21 heavy (non-hydrogen) atoms. The van der Waals surface area contributed by atoms with Crippen LogP contribution in [0, 0.1) is 0 Å². The molecule has 0 aliphatic carbocycles. The summed E-state index contributed by atoms with van der Waals surface area (Å²) in [6.45, 7) is 5.74. The molecule has 7 heteroatoms. The second-order valence-corrected chi connectivity index (χ2v) is 8.08. The standard InChI is InChI=1S/C14H23N3O3S/c1-11(18)16-5-3-13(4-6-16)9-17-12(19)7-15-8-14(17,21-13)10-20-2/h15H,3-10H2,1-2H3. The van der Waals surface area contributed by atoms with Gasteiger partial charge >= 0.3 is 0 Å². The average Bonchev–Trinajstić information content (AvgIpc) is 2.75. The summed E-state index contributed by atoms with van der Waals surface area (Å²) < 4.78 is 5.48. The second-order valence-electron chi connectivity index (χ2n) is 6.25. The molecule has 1 unspecified atom stereocenters. The van der Waals surface area contributed by atoms with E-state index in [1.807, 2.05) is 21.6 Å². The lowest BCUT2D eigenvalue weighted by molar-refractivity contribution is -0.138. The molecule has 3 aliphatic heterocycles. The van der Waals surface area contributed by atoms with Gasteiger partial charge in [0.15, 0.2) is 0 Å². The van der Waals surface area contributed by atoms with Gasteiger partial charge in [-0.1, -0.05) is 0 Å². The Kier molecular flexibility index (Phi) is 3.92. The van der Waals surface area contributed by atoms with Crippen molar-refractivity contribution in [2.75, 3.05) is 46.4 Å². The number of likely N-dealkylation sites (tertiary alicyclic amines) is 1. The van der Waals surface area contributed by atoms with E-state index < -0.39 is 0 Å². The molecule has 1 N–H and O–H groups in total. The molecule has 3 rings (SSSR count). The Labute approximate surface area is 129 Å². The minimum Gasteiger partial charge on any atom is -0.381 e. The highest BCUT2D eigenvalue weighted by molar-refractivity contribution is 8.02. The van der Waals surface area contributed by atoms with Gasteiger partial charge in [0.1, 0.15) is 4.87 Å². The number of ether oxygens (including phenoxy) is 1. The number of fused-ring (bicyclic) bond motifs is 1. The third-order valence-corrected chi connectivity index (χ3v) is 6.65. The van der Waals surface area contributed by atoms with E-state index in [2.05, 4.69) is 5.32 Å². The molecule has 118 valence electrons. The Hall–Kier alpha value is -0.790. The fourth-order valence-electron chi connectivity index (χ4n) is 3.70. The van der Waals surface area contributed by atoms with Crippen molar-refractivity contribution in [2.45, 2.75) is 29.4 Å². The van der Waals surface area contributed by atoms with Gasteiger partial charge in [0.25, 0.3) is 0 Å². The zero-order valence-electron chi connectivity index (χ0n) is 12.7. The van der Waals surface area contributed by atoms with E-state index in [-0.39, 0.29) is 21.4 Å². The van der Waals surface area contributed by atoms with Gasteiger partial charge in [0, 0.05) is 45.0 Å². The molecule has 1 atom stereocenters. The maximum Gasteiger partial charge on any atom is 0.237 e. The van der Waals surface area contributed by atoms with Gasteiger partial charge in [0.2, 0.25) is 11.8 Å². The number of amides is 2. The highest BCUT2D eigenvalue weighted by atomic mass is 32.2. The topological polar surface area (TPSA) is 61.9 Å². The van der Waals surface area contributed by atoms with Crippen LogP contribution in [0.15, 0.2) is 0 Å². The molecule has 0 bridgehead atoms. The van der Waals surface area contributed by atoms with Crippen molar-refractivity contribution in [1.82, 2.24) is 15.1 Å². The monoisotopic (exact) mass is 313 g/mol. The van der Waals surface area contributed by atoms with E-state index in [9.17, 15) is 9.59 Å². The first-order chi connectivity index (χ1) is 10.0. The SMILES string of the molecule is COCC12CNCC(=O)N1CC1(CCN(C(C)=O)CC1)S2. The first-order valence-corrected chi connectivity index (χ1v) is 8.28. The normalized spacial score (nSPS) is 31.6. The molecule has 0 aromatic heterocycles. The Balaban J connectivity index is 1.78. The van der Waals surface area contributed by atoms with Crippen LogP contribution in [0.1, 0.15) is 19.8 Å². The molecule has 2 amide bonds. The van der Waals surface area contributed by atoms with E-state index in [0.29, 0.717) is 13.2 Å². The lowest BCUT2D eigenvalue weighted by atomic mass is 9.94. The number of hydrogen-bond acceptors (Lipinski definition) is 5. The first kappa shape index (κ1) is 15.1. The molecule has 3 aliphatic rings. The van der Waals surface area contributed by atoms with Crippen molar-refractivity contribution in [3.63, 3.8) is 0 Å². The zero-order chi connectivity index (χ0) is 15.1. The number of piperidine rings is 1. The smallest absolute Gasteiger partial charge is 0.237 e. The predicted octanol–water partition coefficient (Wildman–Crippen LogP) is -0.111. The van der Waals surface area contributed by atoms with E-state index in [0.717, 1.165) is 39.0 Å². The Morgan fingerprint density at radius 1 is 1.43 bits per heavy atom. The summed E-state index contributed by atoms with van der Waals surface area (Å²) in [5, 5.41) is 3.22. The van der Waals surface area contributed by atoms with Gasteiger partial charge in [-0.25, -0.2) is 0 Å². The summed E-state index contributed by atoms with van der Waals surface area (Å²) >= 11 is 1.89. The third kappa shape index (κ3) is 2.55. The summed E-state index contributed by atoms with van der Waals surface area (Å²) in [5.41, 5.74) is 0. The molecular formula is C14H23N3O3S. The number of nitrogens with zero attached hydrogens (tertiary/aromatic N) is 2. The number of piperazine rings is 1. The van der Waals surface area contributed by atoms with Gasteiger partial charge in [-0.3, -0.25) is 9.59 Å². The van der Waals surface area contributed by atoms with Crippen molar-refractivity contribution >= 4 is 23.6 Å². The Bertz CT molecular complexity index is 447. The number of rotatable bonds is 2. The van der Waals surface area contributed by atoms with Crippen LogP contribution in [-0.2, 0) is 14.3 Å². The quantitative estimate of drug-likeness (QED) is 0.771. The summed E-state index contributed by atoms with van der Waals surface area (Å²) in [6, 6.07) is 0. The van der Waals surface area contributed by atoms with Crippen LogP contribution in [0.4, 0.5) is 0 Å². The third-order valence-electron chi connectivity index (χ3n) is 4.81. The first-order valence-electron chi connectivity index (χ1n) is 7.46. The molecule has 6 nitrogen and oxygen atoms in total. The number of thioether (sulfide) groups is 1. The second kappa shape index (κ2) is 5.44. The van der Waals surface area contributed by atoms with E-state index in [1.54, 1.807) is 14.0 Å². The maximum atomic E-state index is 12.3. The van der Waals surface area contributed by atoms with Crippen molar-refractivity contribution in [1.29, 1.82) is 0 Å². The van der Waals surface area contributed by atoms with Crippen molar-refractivity contribution in [3.05, 3.63) is 0 Å². The van der Waals surface area contributed by atoms with E-state index in [4.69, 9.17) is 4.74 Å². The van der Waals surface area contributed by atoms with Crippen molar-refractivity contribution in [3.8, 4) is 0 Å². The van der Waals surface area contributed by atoms with Gasteiger partial charge in [-0.05, 0) is 12.8 Å². The summed E-state index contributed by atoms with van der Waals surface area (Å²) in [6.07, 6.45) is 1.90. The summed E-state index contributed by atoms with van der Waals surface area (Å²) in [5.74, 6) is 0.312. The number of nitrogens with one attached hydrogen (secondary N) is 1. The molecule has 3 heterocycles. The van der Waals surface area contributed by atoms with E-state index >= 15 is 0 Å². The molecule has 3 fully saturated rings. The van der Waals surface area contributed by atoms with Crippen molar-refractivity contribution in [2.24, 2.45) is 0 Å². The predicted molar refractivity (Wildman–Crippen MR) is 81.0 cm³/mol. The number of hydrogen-bond donors (Lipinski definition) is 1. The van der Waals surface area contributed by atoms with Crippen LogP contribution < -0.4 is 5.32 Å². The molecule has 0 radical (unpaired) electrons. The fourth-order valence-corrected chi connectivity index (χ4v) is 5.72. The minimum atomic E-state index is -0.275. The molecule has 1 spiro atoms. The average molecular weight is 313 g/mol. The number of carbonyl (C=O) groups excluding carboxylic acids is 2. The van der Waals surface area contributed by atoms with Crippen LogP contribution in [0.5, 0.6) is 0 Å². The summed E-state index contributed by atoms with van der Waals surface area (Å²) in [7, 11) is 1.69. The maximum absolute atomic E-state index is 12.3. The number of carbonyl (C=O) groups is 2. The zero-order valence-corrected chi connectivity index (χ0v) is 13.5. The van der Waals surface area contributed by atoms with Crippen LogP contribution in [0.2, 0.25) is 0 Å². The lowest BCUT2D eigenvalue weighted by Crippen LogP contribution is -2.61. The largest absolute Gasteiger partial charge is 0.381 e. The molecule has 3 saturated heterocycles. The van der Waals surface area contributed by atoms with Gasteiger partial charge in [-0.2, -0.15) is 0 Å². The minimum absolute atomic E-state index is 0.0756. The molecule has 0 saturated carbocycles. The highest BCUT2D eigenvalue weighted by Crippen LogP contribution is 2.52. The van der Waals surface area contributed by atoms with E-state index in [1.165, 1.54) is 0 Å². The van der Waals surface area contributed by atoms with Crippen molar-refractivity contribution < 1.29 is 14.3 Å². The fraction of sp³-hybridized carbons (Fsp3) is 0.857. The lowest BCUT2D eigenvalue weighted by Gasteiger charge is -2.41. The van der Waals surface area contributed by atoms with Crippen LogP contribution in [-0.4, -0.2) is 77.7 Å². The van der Waals surface area contributed by atoms with Gasteiger partial charge in [-0.15, -0.1) is 11.8 Å². The van der Waals surface area contributed by atoms with Gasteiger partial charge < -0.3 is 19.9 Å². The molecular weight excluding hydrogens is 290 g/mol. The summed E-state index contributed by atoms with van der Waals surface area (Å²) in [4.78, 5) is 27.4. The highest BCUT2D eigenvalue weighted by Gasteiger charge is 2.57. The number of methoxy groups -OCH3 is 1. The Morgan fingerprint density at radius 2 is 2.14 bits per heavy atom. The Morgan fingerprint density at radius 3 is 2.76 bits per heavy atom. The van der Waals surface area contributed by atoms with Crippen LogP contribution in [0.3, 0.4) is 0 Å².